The summed E-state index contributed by atoms with van der Waals surface area (Å²) in [6.45, 7) is 26.2. The lowest BCUT2D eigenvalue weighted by Gasteiger charge is -2.73. The fourth-order valence-electron chi connectivity index (χ4n) is 16.6. The van der Waals surface area contributed by atoms with Gasteiger partial charge in [0.1, 0.15) is 11.9 Å². The van der Waals surface area contributed by atoms with E-state index in [-0.39, 0.29) is 51.1 Å². The minimum Gasteiger partial charge on any atom is -0.481 e. The monoisotopic (exact) mass is 820 g/mol. The third kappa shape index (κ3) is 5.78. The molecule has 2 heterocycles. The number of carboxylic acids is 1. The molecule has 1 aliphatic heterocycles. The number of H-pyrrole nitrogens is 1. The van der Waals surface area contributed by atoms with Gasteiger partial charge in [0.15, 0.2) is 0 Å². The Labute approximate surface area is 359 Å². The van der Waals surface area contributed by atoms with Crippen LogP contribution in [0.1, 0.15) is 156 Å². The van der Waals surface area contributed by atoms with Crippen molar-refractivity contribution in [2.24, 2.45) is 73.9 Å². The summed E-state index contributed by atoms with van der Waals surface area (Å²) in [6, 6.07) is 8.54. The van der Waals surface area contributed by atoms with Crippen LogP contribution in [0.4, 0.5) is 0 Å². The highest BCUT2D eigenvalue weighted by Crippen LogP contribution is 2.78. The number of aromatic amines is 1. The van der Waals surface area contributed by atoms with E-state index in [9.17, 15) is 14.7 Å². The number of carbonyl (C=O) groups excluding carboxylic acids is 2. The number of aliphatic carboxylic acids is 1. The van der Waals surface area contributed by atoms with E-state index in [4.69, 9.17) is 9.72 Å². The molecular formula is C52H73N3O5. The normalized spacial score (nSPS) is 42.5. The highest BCUT2D eigenvalue weighted by Gasteiger charge is 2.72. The van der Waals surface area contributed by atoms with Crippen molar-refractivity contribution in [3.05, 3.63) is 54.0 Å². The van der Waals surface area contributed by atoms with Gasteiger partial charge in [0.05, 0.1) is 35.2 Å². The van der Waals surface area contributed by atoms with Gasteiger partial charge in [-0.15, -0.1) is 0 Å². The van der Waals surface area contributed by atoms with Gasteiger partial charge in [0.25, 0.3) is 0 Å². The third-order valence-corrected chi connectivity index (χ3v) is 20.3. The van der Waals surface area contributed by atoms with E-state index in [1.807, 2.05) is 20.0 Å². The van der Waals surface area contributed by atoms with Crippen LogP contribution in [0.25, 0.3) is 11.3 Å². The second-order valence-corrected chi connectivity index (χ2v) is 23.3. The number of aromatic nitrogens is 2. The Kier molecular flexibility index (Phi) is 9.81. The van der Waals surface area contributed by atoms with E-state index in [2.05, 4.69) is 89.2 Å². The minimum absolute atomic E-state index is 0.0213. The number of rotatable bonds is 7. The van der Waals surface area contributed by atoms with Gasteiger partial charge in [-0.1, -0.05) is 90.4 Å². The summed E-state index contributed by atoms with van der Waals surface area (Å²) >= 11 is 0. The molecule has 1 amide bonds. The van der Waals surface area contributed by atoms with Crippen LogP contribution in [0.3, 0.4) is 0 Å². The summed E-state index contributed by atoms with van der Waals surface area (Å²) in [5.41, 5.74) is 3.84. The number of esters is 1. The number of benzene rings is 1. The van der Waals surface area contributed by atoms with E-state index in [1.165, 1.54) is 17.6 Å². The Morgan fingerprint density at radius 1 is 0.833 bits per heavy atom. The fourth-order valence-corrected chi connectivity index (χ4v) is 16.6. The van der Waals surface area contributed by atoms with Crippen LogP contribution in [0, 0.1) is 80.8 Å². The third-order valence-electron chi connectivity index (χ3n) is 20.3. The van der Waals surface area contributed by atoms with Crippen LogP contribution in [0.15, 0.2) is 42.6 Å². The number of aryl methyl sites for hydroxylation is 1. The van der Waals surface area contributed by atoms with Gasteiger partial charge in [0.2, 0.25) is 5.91 Å². The Balaban J connectivity index is 0.965. The van der Waals surface area contributed by atoms with Gasteiger partial charge in [-0.2, -0.15) is 0 Å². The van der Waals surface area contributed by atoms with Crippen molar-refractivity contribution in [3.8, 4) is 11.3 Å². The molecule has 60 heavy (non-hydrogen) atoms. The number of fused-ring (bicyclic) bond motifs is 7. The molecule has 7 aliphatic rings. The number of allylic oxidation sites excluding steroid dienone is 1. The number of nitrogens with zero attached hydrogens (tertiary/aromatic N) is 2. The number of nitrogens with one attached hydrogen (secondary N) is 1. The van der Waals surface area contributed by atoms with Crippen LogP contribution < -0.4 is 0 Å². The van der Waals surface area contributed by atoms with E-state index in [0.29, 0.717) is 41.9 Å². The quantitative estimate of drug-likeness (QED) is 0.212. The molecule has 0 spiro atoms. The molecule has 1 aromatic carbocycles. The van der Waals surface area contributed by atoms with Gasteiger partial charge >= 0.3 is 11.9 Å². The molecule has 2 aromatic rings. The molecule has 326 valence electrons. The van der Waals surface area contributed by atoms with Crippen molar-refractivity contribution in [1.82, 2.24) is 14.9 Å². The summed E-state index contributed by atoms with van der Waals surface area (Å²) in [5.74, 6) is 1.53. The summed E-state index contributed by atoms with van der Waals surface area (Å²) in [7, 11) is 0. The van der Waals surface area contributed by atoms with Gasteiger partial charge in [-0.3, -0.25) is 14.4 Å². The number of carboxylic acid groups (broad SMARTS) is 1. The highest BCUT2D eigenvalue weighted by molar-refractivity contribution is 5.85. The average molecular weight is 820 g/mol. The molecule has 13 atom stereocenters. The van der Waals surface area contributed by atoms with Crippen LogP contribution in [0.2, 0.25) is 0 Å². The minimum atomic E-state index is -0.817. The zero-order valence-electron chi connectivity index (χ0n) is 38.2. The first kappa shape index (κ1) is 41.9. The largest absolute Gasteiger partial charge is 0.481 e. The van der Waals surface area contributed by atoms with Crippen molar-refractivity contribution < 1.29 is 24.2 Å². The van der Waals surface area contributed by atoms with Gasteiger partial charge in [-0.05, 0) is 154 Å². The molecule has 8 nitrogen and oxygen atoms in total. The van der Waals surface area contributed by atoms with Crippen LogP contribution in [-0.2, 0) is 19.1 Å². The van der Waals surface area contributed by atoms with Gasteiger partial charge in [0, 0.05) is 12.0 Å². The Hall–Kier alpha value is -3.42. The van der Waals surface area contributed by atoms with Crippen molar-refractivity contribution in [2.45, 2.75) is 158 Å². The molecular weight excluding hydrogens is 747 g/mol. The Morgan fingerprint density at radius 3 is 2.25 bits per heavy atom. The smallest absolute Gasteiger partial charge is 0.309 e. The van der Waals surface area contributed by atoms with Gasteiger partial charge in [-0.25, -0.2) is 4.98 Å². The maximum absolute atomic E-state index is 15.6. The van der Waals surface area contributed by atoms with E-state index < -0.39 is 17.3 Å². The number of amides is 1. The van der Waals surface area contributed by atoms with Crippen LogP contribution in [0.5, 0.6) is 0 Å². The first-order chi connectivity index (χ1) is 28.2. The first-order valence-electron chi connectivity index (χ1n) is 23.7. The van der Waals surface area contributed by atoms with E-state index >= 15 is 4.79 Å². The maximum atomic E-state index is 15.6. The molecule has 8 heteroatoms. The summed E-state index contributed by atoms with van der Waals surface area (Å²) in [6.07, 6.45) is 14.7. The maximum Gasteiger partial charge on any atom is 0.309 e. The second kappa shape index (κ2) is 14.0. The fraction of sp³-hybridized carbons (Fsp3) is 0.731. The predicted octanol–water partition coefficient (Wildman–Crippen LogP) is 11.4. The molecule has 0 bridgehead atoms. The number of carbonyl (C=O) groups is 3. The number of hydrogen-bond acceptors (Lipinski definition) is 5. The number of ether oxygens (including phenoxy) is 1. The molecule has 1 aromatic heterocycles. The summed E-state index contributed by atoms with van der Waals surface area (Å²) < 4.78 is 6.47. The van der Waals surface area contributed by atoms with Crippen molar-refractivity contribution in [3.63, 3.8) is 0 Å². The second-order valence-electron chi connectivity index (χ2n) is 23.3. The van der Waals surface area contributed by atoms with Gasteiger partial charge < -0.3 is 19.7 Å². The lowest BCUT2D eigenvalue weighted by atomic mass is 9.32. The molecule has 0 radical (unpaired) electrons. The molecule has 9 rings (SSSR count). The number of likely N-dealkylation sites (tertiary alicyclic amines) is 1. The highest BCUT2D eigenvalue weighted by atomic mass is 16.5. The zero-order chi connectivity index (χ0) is 42.9. The summed E-state index contributed by atoms with van der Waals surface area (Å²) in [4.78, 5) is 51.9. The first-order valence-corrected chi connectivity index (χ1v) is 23.7. The predicted molar refractivity (Wildman–Crippen MR) is 234 cm³/mol. The molecule has 2 N–H and O–H groups in total. The van der Waals surface area contributed by atoms with Crippen LogP contribution >= 0.6 is 0 Å². The summed E-state index contributed by atoms with van der Waals surface area (Å²) in [5, 5.41) is 9.71. The molecule has 1 saturated heterocycles. The zero-order valence-corrected chi connectivity index (χ0v) is 38.2. The standard InChI is InChI=1S/C52H73N3O5/c1-30(2)33-19-24-52(46(59)55-27-11-12-38(55)43-53-29-37(54-43)32-15-13-31(3)14-16-32)26-25-50(9)34(42(33)52)17-18-40-49(8)22-21-41(48(6,7)39(49)20-23-51(40,50)10)60-45(58)36-28-35(44(56)57)47(36,4)5/h13-16,29,33-36,38-42H,1,11-12,17-28H2,2-10H3,(H,53,54)(H,56,57)/t33-,34+,35-,36+,38-,39-,40+,41-,42+,49-,50+,51+,52-/m0/s1. The van der Waals surface area contributed by atoms with E-state index in [0.717, 1.165) is 94.3 Å². The topological polar surface area (TPSA) is 113 Å². The number of imidazole rings is 1. The van der Waals surface area contributed by atoms with E-state index in [1.54, 1.807) is 0 Å². The molecule has 6 aliphatic carbocycles. The Bertz CT molecular complexity index is 2070. The van der Waals surface area contributed by atoms with Crippen molar-refractivity contribution in [2.75, 3.05) is 6.54 Å². The SMILES string of the molecule is C=C(C)[C@@H]1CC[C@]2(C(=O)N3CCC[C@H]3c3ncc(-c4ccc(C)cc4)[nH]3)CC[C@]3(C)[C@H](CC[C@@H]4[C@@]5(C)CC[C@H](OC(=O)[C@H]6C[C@@H](C(=O)O)C6(C)C)C(C)(C)[C@@H]5CC[C@]43C)[C@@H]12. The van der Waals surface area contributed by atoms with Crippen molar-refractivity contribution >= 4 is 17.8 Å². The van der Waals surface area contributed by atoms with Crippen molar-refractivity contribution in [1.29, 1.82) is 0 Å². The Morgan fingerprint density at radius 2 is 1.57 bits per heavy atom. The molecule has 6 saturated carbocycles. The lowest BCUT2D eigenvalue weighted by Crippen LogP contribution is -2.67. The number of hydrogen-bond donors (Lipinski definition) is 2. The molecule has 7 fully saturated rings. The lowest BCUT2D eigenvalue weighted by molar-refractivity contribution is -0.251. The average Bonchev–Trinajstić information content (AvgIpc) is 3.95. The molecule has 0 unspecified atom stereocenters. The van der Waals surface area contributed by atoms with Crippen LogP contribution in [-0.4, -0.2) is 50.5 Å².